The molecule has 2 N–H and O–H groups in total. The first kappa shape index (κ1) is 17.1. The highest BCUT2D eigenvalue weighted by Gasteiger charge is 2.28. The van der Waals surface area contributed by atoms with E-state index in [1.807, 2.05) is 0 Å². The Labute approximate surface area is 153 Å². The number of hydrogen-bond donors (Lipinski definition) is 2. The van der Waals surface area contributed by atoms with Gasteiger partial charge in [0.15, 0.2) is 0 Å². The summed E-state index contributed by atoms with van der Waals surface area (Å²) < 4.78 is 1.17. The molecule has 10 heteroatoms. The molecule has 4 heterocycles. The summed E-state index contributed by atoms with van der Waals surface area (Å²) in [4.78, 5) is 54.1. The molecular weight excluding hydrogens is 350 g/mol. The fraction of sp³-hybridized carbons (Fsp3) is 0.412. The number of piperidine rings is 1. The predicted octanol–water partition coefficient (Wildman–Crippen LogP) is 0.138. The Hall–Kier alpha value is -3.30. The van der Waals surface area contributed by atoms with Gasteiger partial charge in [0.25, 0.3) is 22.8 Å². The molecule has 1 aliphatic heterocycles. The number of aromatic nitrogens is 6. The van der Waals surface area contributed by atoms with Gasteiger partial charge in [-0.15, -0.1) is 0 Å². The van der Waals surface area contributed by atoms with Crippen LogP contribution in [-0.2, 0) is 0 Å². The van der Waals surface area contributed by atoms with E-state index in [-0.39, 0.29) is 28.7 Å². The van der Waals surface area contributed by atoms with Gasteiger partial charge >= 0.3 is 0 Å². The van der Waals surface area contributed by atoms with Crippen molar-refractivity contribution in [1.82, 2.24) is 34.4 Å². The Morgan fingerprint density at radius 3 is 2.81 bits per heavy atom. The maximum absolute atomic E-state index is 12.9. The number of nitrogens with zero attached hydrogens (tertiary/aromatic N) is 5. The number of rotatable bonds is 2. The van der Waals surface area contributed by atoms with Gasteiger partial charge in [-0.1, -0.05) is 0 Å². The van der Waals surface area contributed by atoms with E-state index in [0.29, 0.717) is 30.4 Å². The molecule has 3 aromatic rings. The monoisotopic (exact) mass is 369 g/mol. The van der Waals surface area contributed by atoms with Crippen molar-refractivity contribution in [3.05, 3.63) is 55.9 Å². The summed E-state index contributed by atoms with van der Waals surface area (Å²) in [6.45, 7) is 4.38. The van der Waals surface area contributed by atoms with E-state index in [9.17, 15) is 14.4 Å². The highest BCUT2D eigenvalue weighted by atomic mass is 16.2. The number of aromatic amines is 2. The molecule has 1 fully saturated rings. The number of likely N-dealkylation sites (tertiary alicyclic amines) is 1. The van der Waals surface area contributed by atoms with Crippen LogP contribution in [0.1, 0.15) is 46.5 Å². The first-order valence-corrected chi connectivity index (χ1v) is 8.74. The summed E-state index contributed by atoms with van der Waals surface area (Å²) >= 11 is 0. The van der Waals surface area contributed by atoms with E-state index in [1.54, 1.807) is 18.7 Å². The number of carbonyl (C=O) groups excluding carboxylic acids is 1. The summed E-state index contributed by atoms with van der Waals surface area (Å²) in [6.07, 6.45) is 2.87. The van der Waals surface area contributed by atoms with Crippen LogP contribution in [0.2, 0.25) is 0 Å². The van der Waals surface area contributed by atoms with Crippen LogP contribution in [-0.4, -0.2) is 53.4 Å². The highest BCUT2D eigenvalue weighted by molar-refractivity contribution is 5.93. The van der Waals surface area contributed by atoms with Gasteiger partial charge in [-0.2, -0.15) is 9.50 Å². The van der Waals surface area contributed by atoms with Crippen LogP contribution in [0.25, 0.3) is 5.78 Å². The van der Waals surface area contributed by atoms with Gasteiger partial charge in [0, 0.05) is 31.3 Å². The zero-order chi connectivity index (χ0) is 19.1. The molecule has 1 atom stereocenters. The Kier molecular flexibility index (Phi) is 4.09. The molecule has 0 aliphatic carbocycles. The van der Waals surface area contributed by atoms with Crippen LogP contribution in [0.4, 0.5) is 0 Å². The van der Waals surface area contributed by atoms with Gasteiger partial charge in [0.2, 0.25) is 0 Å². The number of H-pyrrole nitrogens is 2. The van der Waals surface area contributed by atoms with Gasteiger partial charge in [-0.25, -0.2) is 9.97 Å². The smallest absolute Gasteiger partial charge is 0.286 e. The van der Waals surface area contributed by atoms with E-state index in [1.165, 1.54) is 16.8 Å². The van der Waals surface area contributed by atoms with Crippen molar-refractivity contribution in [3.63, 3.8) is 0 Å². The lowest BCUT2D eigenvalue weighted by Crippen LogP contribution is -2.42. The Morgan fingerprint density at radius 1 is 1.22 bits per heavy atom. The molecule has 140 valence electrons. The molecule has 3 aromatic heterocycles. The number of nitrogens with one attached hydrogen (secondary N) is 2. The molecular formula is C17H19N7O3. The number of hydrogen-bond acceptors (Lipinski definition) is 6. The van der Waals surface area contributed by atoms with Gasteiger partial charge in [-0.05, 0) is 26.7 Å². The van der Waals surface area contributed by atoms with Crippen molar-refractivity contribution in [2.24, 2.45) is 0 Å². The Morgan fingerprint density at radius 2 is 2.04 bits per heavy atom. The lowest BCUT2D eigenvalue weighted by Gasteiger charge is -2.32. The fourth-order valence-electron chi connectivity index (χ4n) is 3.49. The minimum atomic E-state index is -0.474. The quantitative estimate of drug-likeness (QED) is 0.661. The van der Waals surface area contributed by atoms with Crippen LogP contribution in [0.5, 0.6) is 0 Å². The van der Waals surface area contributed by atoms with Crippen LogP contribution >= 0.6 is 0 Å². The van der Waals surface area contributed by atoms with Crippen molar-refractivity contribution >= 4 is 11.7 Å². The van der Waals surface area contributed by atoms with Crippen LogP contribution in [0.3, 0.4) is 0 Å². The molecule has 4 rings (SSSR count). The number of amides is 1. The summed E-state index contributed by atoms with van der Waals surface area (Å²) in [6, 6.07) is 1.47. The zero-order valence-electron chi connectivity index (χ0n) is 15.0. The minimum Gasteiger partial charge on any atom is -0.338 e. The average molecular weight is 369 g/mol. The molecule has 1 aliphatic rings. The standard InChI is InChI=1S/C17H19N7O3/c1-9-19-13(6-14(25)20-9)11-4-3-5-23(8-11)15(26)12-7-18-17-21-10(2)22-24(17)16(12)27/h6-7,11H,3-5,8H2,1-2H3,(H,18,21,22)(H,19,20,25)/t11-/m0/s1. The largest absolute Gasteiger partial charge is 0.338 e. The maximum Gasteiger partial charge on any atom is 0.286 e. The molecule has 27 heavy (non-hydrogen) atoms. The number of aryl methyl sites for hydroxylation is 2. The third kappa shape index (κ3) is 3.14. The zero-order valence-corrected chi connectivity index (χ0v) is 15.0. The van der Waals surface area contributed by atoms with Crippen molar-refractivity contribution in [2.75, 3.05) is 13.1 Å². The topological polar surface area (TPSA) is 129 Å². The molecule has 0 bridgehead atoms. The first-order valence-electron chi connectivity index (χ1n) is 8.74. The molecule has 0 radical (unpaired) electrons. The van der Waals surface area contributed by atoms with E-state index in [2.05, 4.69) is 25.0 Å². The molecule has 1 amide bonds. The average Bonchev–Trinajstić information content (AvgIpc) is 3.02. The summed E-state index contributed by atoms with van der Waals surface area (Å²) in [7, 11) is 0. The highest BCUT2D eigenvalue weighted by Crippen LogP contribution is 2.25. The van der Waals surface area contributed by atoms with E-state index in [4.69, 9.17) is 0 Å². The van der Waals surface area contributed by atoms with Crippen LogP contribution < -0.4 is 11.1 Å². The number of fused-ring (bicyclic) bond motifs is 1. The molecule has 1 saturated heterocycles. The van der Waals surface area contributed by atoms with Gasteiger partial charge in [-0.3, -0.25) is 19.5 Å². The van der Waals surface area contributed by atoms with E-state index >= 15 is 0 Å². The second-order valence-electron chi connectivity index (χ2n) is 6.77. The molecule has 0 spiro atoms. The summed E-state index contributed by atoms with van der Waals surface area (Å²) in [5.41, 5.74) is -0.0172. The van der Waals surface area contributed by atoms with Gasteiger partial charge < -0.3 is 9.88 Å². The van der Waals surface area contributed by atoms with Crippen molar-refractivity contribution < 1.29 is 4.79 Å². The first-order chi connectivity index (χ1) is 12.9. The van der Waals surface area contributed by atoms with Gasteiger partial charge in [0.05, 0.1) is 5.69 Å². The predicted molar refractivity (Wildman–Crippen MR) is 95.8 cm³/mol. The SMILES string of the molecule is Cc1nc([C@H]2CCCN(C(=O)c3cnc4nc(C)[nH]n4c3=O)C2)cc(=O)[nH]1. The molecule has 0 aromatic carbocycles. The third-order valence-electron chi connectivity index (χ3n) is 4.72. The molecule has 10 nitrogen and oxygen atoms in total. The van der Waals surface area contributed by atoms with Crippen molar-refractivity contribution in [3.8, 4) is 0 Å². The third-order valence-corrected chi connectivity index (χ3v) is 4.72. The Bertz CT molecular complexity index is 1140. The van der Waals surface area contributed by atoms with E-state index in [0.717, 1.165) is 12.8 Å². The second kappa shape index (κ2) is 6.45. The normalized spacial score (nSPS) is 17.4. The van der Waals surface area contributed by atoms with Crippen LogP contribution in [0, 0.1) is 13.8 Å². The lowest BCUT2D eigenvalue weighted by atomic mass is 9.94. The van der Waals surface area contributed by atoms with Gasteiger partial charge in [0.1, 0.15) is 17.2 Å². The Balaban J connectivity index is 1.63. The van der Waals surface area contributed by atoms with Crippen molar-refractivity contribution in [1.29, 1.82) is 0 Å². The second-order valence-corrected chi connectivity index (χ2v) is 6.77. The lowest BCUT2D eigenvalue weighted by molar-refractivity contribution is 0.0703. The van der Waals surface area contributed by atoms with Crippen LogP contribution in [0.15, 0.2) is 21.9 Å². The summed E-state index contributed by atoms with van der Waals surface area (Å²) in [5, 5.41) is 2.78. The maximum atomic E-state index is 12.9. The fourth-order valence-corrected chi connectivity index (χ4v) is 3.49. The number of carbonyl (C=O) groups is 1. The molecule has 0 unspecified atom stereocenters. The minimum absolute atomic E-state index is 0.00755. The summed E-state index contributed by atoms with van der Waals surface area (Å²) in [5.74, 6) is 0.896. The molecule has 0 saturated carbocycles. The van der Waals surface area contributed by atoms with Crippen molar-refractivity contribution in [2.45, 2.75) is 32.6 Å². The van der Waals surface area contributed by atoms with E-state index < -0.39 is 5.56 Å².